The van der Waals surface area contributed by atoms with Crippen molar-refractivity contribution in [3.05, 3.63) is 64.5 Å². The van der Waals surface area contributed by atoms with E-state index in [4.69, 9.17) is 11.6 Å². The van der Waals surface area contributed by atoms with Crippen LogP contribution in [-0.4, -0.2) is 47.0 Å². The number of nitrogens with zero attached hydrogens (tertiary/aromatic N) is 4. The van der Waals surface area contributed by atoms with Gasteiger partial charge >= 0.3 is 0 Å². The van der Waals surface area contributed by atoms with Gasteiger partial charge in [-0.25, -0.2) is 14.4 Å². The number of para-hydroxylation sites is 1. The van der Waals surface area contributed by atoms with E-state index in [-0.39, 0.29) is 18.1 Å². The first-order chi connectivity index (χ1) is 14.1. The van der Waals surface area contributed by atoms with Crippen LogP contribution >= 0.6 is 22.9 Å². The zero-order chi connectivity index (χ0) is 20.2. The first-order valence-electron chi connectivity index (χ1n) is 9.19. The van der Waals surface area contributed by atoms with Gasteiger partial charge in [-0.05, 0) is 24.3 Å². The minimum absolute atomic E-state index is 0.0275. The summed E-state index contributed by atoms with van der Waals surface area (Å²) in [5.41, 5.74) is 1.30. The summed E-state index contributed by atoms with van der Waals surface area (Å²) in [6.45, 7) is 2.35. The molecule has 0 atom stereocenters. The summed E-state index contributed by atoms with van der Waals surface area (Å²) >= 11 is 7.26. The van der Waals surface area contributed by atoms with Crippen LogP contribution in [0.15, 0.2) is 48.0 Å². The van der Waals surface area contributed by atoms with Crippen LogP contribution in [0, 0.1) is 5.82 Å². The minimum atomic E-state index is -0.232. The van der Waals surface area contributed by atoms with Crippen LogP contribution < -0.4 is 10.2 Å². The Labute approximate surface area is 177 Å². The van der Waals surface area contributed by atoms with Gasteiger partial charge < -0.3 is 15.1 Å². The molecule has 1 fully saturated rings. The third-order valence-corrected chi connectivity index (χ3v) is 5.70. The molecule has 150 valence electrons. The van der Waals surface area contributed by atoms with Gasteiger partial charge in [0.15, 0.2) is 5.13 Å². The lowest BCUT2D eigenvalue weighted by atomic mass is 10.2. The normalized spacial score (nSPS) is 14.1. The average molecular weight is 432 g/mol. The molecule has 3 aromatic rings. The molecule has 0 unspecified atom stereocenters. The molecule has 2 aromatic heterocycles. The number of rotatable bonds is 5. The zero-order valence-corrected chi connectivity index (χ0v) is 17.1. The van der Waals surface area contributed by atoms with Crippen molar-refractivity contribution in [1.29, 1.82) is 0 Å². The first-order valence-corrected chi connectivity index (χ1v) is 10.4. The predicted molar refractivity (Wildman–Crippen MR) is 114 cm³/mol. The number of aromatic nitrogens is 2. The molecule has 1 saturated heterocycles. The van der Waals surface area contributed by atoms with Crippen LogP contribution in [0.3, 0.4) is 0 Å². The first kappa shape index (κ1) is 19.6. The van der Waals surface area contributed by atoms with Crippen molar-refractivity contribution in [2.24, 2.45) is 0 Å². The number of nitrogens with one attached hydrogen (secondary N) is 1. The van der Waals surface area contributed by atoms with E-state index in [1.807, 2.05) is 21.2 Å². The number of pyridine rings is 1. The third-order valence-electron chi connectivity index (χ3n) is 4.67. The molecule has 0 saturated carbocycles. The Morgan fingerprint density at radius 3 is 2.69 bits per heavy atom. The smallest absolute Gasteiger partial charge is 0.228 e. The molecule has 1 N–H and O–H groups in total. The number of halogens is 2. The zero-order valence-electron chi connectivity index (χ0n) is 15.5. The van der Waals surface area contributed by atoms with Crippen molar-refractivity contribution >= 4 is 45.5 Å². The molecule has 3 heterocycles. The Hall–Kier alpha value is -2.71. The Morgan fingerprint density at radius 1 is 1.17 bits per heavy atom. The molecule has 0 bridgehead atoms. The molecule has 0 radical (unpaired) electrons. The number of piperazine rings is 1. The molecule has 6 nitrogen and oxygen atoms in total. The van der Waals surface area contributed by atoms with E-state index in [0.29, 0.717) is 53.5 Å². The Morgan fingerprint density at radius 2 is 1.97 bits per heavy atom. The fourth-order valence-corrected chi connectivity index (χ4v) is 4.01. The van der Waals surface area contributed by atoms with Crippen LogP contribution in [-0.2, 0) is 11.2 Å². The van der Waals surface area contributed by atoms with Gasteiger partial charge in [0.05, 0.1) is 22.8 Å². The highest BCUT2D eigenvalue weighted by Crippen LogP contribution is 2.22. The number of benzene rings is 1. The van der Waals surface area contributed by atoms with Crippen molar-refractivity contribution in [2.75, 3.05) is 36.4 Å². The molecule has 4 rings (SSSR count). The number of carbonyl (C=O) groups excluding carboxylic acids is 1. The summed E-state index contributed by atoms with van der Waals surface area (Å²) < 4.78 is 13.9. The number of hydrogen-bond donors (Lipinski definition) is 1. The molecule has 1 amide bonds. The summed E-state index contributed by atoms with van der Waals surface area (Å²) in [5, 5.41) is 6.21. The maximum absolute atomic E-state index is 13.9. The fraction of sp³-hybridized carbons (Fsp3) is 0.250. The lowest BCUT2D eigenvalue weighted by molar-refractivity contribution is -0.130. The van der Waals surface area contributed by atoms with E-state index < -0.39 is 0 Å². The molecular weight excluding hydrogens is 413 g/mol. The van der Waals surface area contributed by atoms with Crippen LogP contribution in [0.5, 0.6) is 0 Å². The number of amides is 1. The van der Waals surface area contributed by atoms with Crippen LogP contribution in [0.2, 0.25) is 5.02 Å². The minimum Gasteiger partial charge on any atom is -0.366 e. The monoisotopic (exact) mass is 431 g/mol. The molecule has 9 heteroatoms. The van der Waals surface area contributed by atoms with Crippen molar-refractivity contribution in [3.8, 4) is 0 Å². The topological polar surface area (TPSA) is 61.4 Å². The van der Waals surface area contributed by atoms with Gasteiger partial charge in [0, 0.05) is 37.8 Å². The second kappa shape index (κ2) is 8.75. The molecule has 1 aliphatic heterocycles. The van der Waals surface area contributed by atoms with E-state index in [1.54, 1.807) is 30.5 Å². The quantitative estimate of drug-likeness (QED) is 0.662. The number of hydrogen-bond acceptors (Lipinski definition) is 6. The van der Waals surface area contributed by atoms with Gasteiger partial charge in [-0.2, -0.15) is 0 Å². The average Bonchev–Trinajstić information content (AvgIpc) is 3.17. The fourth-order valence-electron chi connectivity index (χ4n) is 3.18. The second-order valence-electron chi connectivity index (χ2n) is 6.63. The van der Waals surface area contributed by atoms with Crippen molar-refractivity contribution in [3.63, 3.8) is 0 Å². The Kier molecular flexibility index (Phi) is 5.92. The Bertz CT molecular complexity index is 989. The summed E-state index contributed by atoms with van der Waals surface area (Å²) in [5.74, 6) is 0.440. The molecule has 1 aliphatic rings. The Balaban J connectivity index is 1.31. The van der Waals surface area contributed by atoms with Gasteiger partial charge in [0.2, 0.25) is 5.91 Å². The van der Waals surface area contributed by atoms with E-state index in [2.05, 4.69) is 15.3 Å². The van der Waals surface area contributed by atoms with Crippen molar-refractivity contribution < 1.29 is 9.18 Å². The number of anilines is 3. The van der Waals surface area contributed by atoms with E-state index in [0.717, 1.165) is 0 Å². The molecule has 0 spiro atoms. The molecule has 1 aromatic carbocycles. The maximum atomic E-state index is 13.9. The van der Waals surface area contributed by atoms with Gasteiger partial charge in [0.1, 0.15) is 11.6 Å². The highest BCUT2D eigenvalue weighted by molar-refractivity contribution is 7.13. The van der Waals surface area contributed by atoms with Crippen LogP contribution in [0.1, 0.15) is 5.69 Å². The lowest BCUT2D eigenvalue weighted by Gasteiger charge is -2.36. The summed E-state index contributed by atoms with van der Waals surface area (Å²) in [4.78, 5) is 25.1. The predicted octanol–water partition coefficient (Wildman–Crippen LogP) is 3.97. The van der Waals surface area contributed by atoms with Crippen LogP contribution in [0.4, 0.5) is 21.0 Å². The highest BCUT2D eigenvalue weighted by Gasteiger charge is 2.23. The third kappa shape index (κ3) is 4.83. The van der Waals surface area contributed by atoms with Gasteiger partial charge in [-0.1, -0.05) is 23.7 Å². The summed E-state index contributed by atoms with van der Waals surface area (Å²) in [6, 6.07) is 10.2. The molecule has 29 heavy (non-hydrogen) atoms. The molecular formula is C20H19ClFN5OS. The summed E-state index contributed by atoms with van der Waals surface area (Å²) in [6.07, 6.45) is 1.80. The van der Waals surface area contributed by atoms with Gasteiger partial charge in [-0.3, -0.25) is 4.79 Å². The maximum Gasteiger partial charge on any atom is 0.228 e. The SMILES string of the molecule is O=C(Cc1csc(Nc2ccc(Cl)cn2)n1)N1CCN(c2ccccc2F)CC1. The molecule has 0 aliphatic carbocycles. The van der Waals surface area contributed by atoms with Gasteiger partial charge in [0.25, 0.3) is 0 Å². The second-order valence-corrected chi connectivity index (χ2v) is 7.92. The van der Waals surface area contributed by atoms with Gasteiger partial charge in [-0.15, -0.1) is 11.3 Å². The standard InChI is InChI=1S/C20H19ClFN5OS/c21-14-5-6-18(23-12-14)25-20-24-15(13-29-20)11-19(28)27-9-7-26(8-10-27)17-4-2-1-3-16(17)22/h1-6,12-13H,7-11H2,(H,23,24,25). The van der Waals surface area contributed by atoms with E-state index in [9.17, 15) is 9.18 Å². The highest BCUT2D eigenvalue weighted by atomic mass is 35.5. The van der Waals surface area contributed by atoms with E-state index in [1.165, 1.54) is 17.4 Å². The number of carbonyl (C=O) groups is 1. The largest absolute Gasteiger partial charge is 0.366 e. The summed E-state index contributed by atoms with van der Waals surface area (Å²) in [7, 11) is 0. The van der Waals surface area contributed by atoms with E-state index >= 15 is 0 Å². The number of thiazole rings is 1. The lowest BCUT2D eigenvalue weighted by Crippen LogP contribution is -2.49. The van der Waals surface area contributed by atoms with Crippen molar-refractivity contribution in [2.45, 2.75) is 6.42 Å². The van der Waals surface area contributed by atoms with Crippen LogP contribution in [0.25, 0.3) is 0 Å². The van der Waals surface area contributed by atoms with Crippen molar-refractivity contribution in [1.82, 2.24) is 14.9 Å².